The number of nitrogens with one attached hydrogen (secondary N) is 1. The summed E-state index contributed by atoms with van der Waals surface area (Å²) in [5, 5.41) is 2.87. The number of carbonyl (C=O) groups excluding carboxylic acids is 1. The first-order chi connectivity index (χ1) is 13.3. The second kappa shape index (κ2) is 7.70. The number of hydrogen-bond donors (Lipinski definition) is 1. The molecule has 0 bridgehead atoms. The summed E-state index contributed by atoms with van der Waals surface area (Å²) in [4.78, 5) is 21.1. The van der Waals surface area contributed by atoms with Gasteiger partial charge in [0, 0.05) is 23.5 Å². The molecule has 0 spiro atoms. The number of nitrogens with zero attached hydrogens (tertiary/aromatic N) is 3. The quantitative estimate of drug-likeness (QED) is 0.572. The number of benzene rings is 2. The Labute approximate surface area is 156 Å². The molecule has 0 radical (unpaired) electrons. The lowest BCUT2D eigenvalue weighted by molar-refractivity contribution is -0.121. The summed E-state index contributed by atoms with van der Waals surface area (Å²) < 4.78 is 7.31. The van der Waals surface area contributed by atoms with Crippen molar-refractivity contribution in [3.05, 3.63) is 85.0 Å². The lowest BCUT2D eigenvalue weighted by Crippen LogP contribution is -2.27. The molecule has 134 valence electrons. The minimum absolute atomic E-state index is 0.116. The van der Waals surface area contributed by atoms with E-state index in [2.05, 4.69) is 15.3 Å². The molecule has 1 amide bonds. The van der Waals surface area contributed by atoms with Gasteiger partial charge in [0.05, 0.1) is 12.2 Å². The van der Waals surface area contributed by atoms with E-state index in [4.69, 9.17) is 4.42 Å². The van der Waals surface area contributed by atoms with Crippen molar-refractivity contribution in [3.8, 4) is 22.8 Å². The van der Waals surface area contributed by atoms with Crippen LogP contribution in [0.25, 0.3) is 22.8 Å². The fourth-order valence-corrected chi connectivity index (χ4v) is 2.79. The third-order valence-electron chi connectivity index (χ3n) is 4.10. The predicted octanol–water partition coefficient (Wildman–Crippen LogP) is 3.52. The SMILES string of the molecule is O=C(Cn1ccnc1-c1ccccc1)NCc1coc(-c2ccccc2)n1. The van der Waals surface area contributed by atoms with Crippen molar-refractivity contribution in [2.75, 3.05) is 0 Å². The summed E-state index contributed by atoms with van der Waals surface area (Å²) in [5.74, 6) is 1.19. The molecule has 0 fully saturated rings. The molecule has 6 nitrogen and oxygen atoms in total. The first-order valence-corrected chi connectivity index (χ1v) is 8.63. The van der Waals surface area contributed by atoms with Gasteiger partial charge in [-0.05, 0) is 12.1 Å². The smallest absolute Gasteiger partial charge is 0.240 e. The average molecular weight is 358 g/mol. The van der Waals surface area contributed by atoms with Crippen molar-refractivity contribution >= 4 is 5.91 Å². The van der Waals surface area contributed by atoms with Crippen molar-refractivity contribution in [1.29, 1.82) is 0 Å². The van der Waals surface area contributed by atoms with Crippen molar-refractivity contribution < 1.29 is 9.21 Å². The number of oxazole rings is 1. The van der Waals surface area contributed by atoms with Gasteiger partial charge in [-0.15, -0.1) is 0 Å². The van der Waals surface area contributed by atoms with E-state index in [9.17, 15) is 4.79 Å². The molecule has 2 aromatic heterocycles. The maximum atomic E-state index is 12.3. The molecule has 0 unspecified atom stereocenters. The Kier molecular flexibility index (Phi) is 4.78. The highest BCUT2D eigenvalue weighted by molar-refractivity contribution is 5.76. The number of imidazole rings is 1. The summed E-state index contributed by atoms with van der Waals surface area (Å²) in [6.45, 7) is 0.498. The third-order valence-corrected chi connectivity index (χ3v) is 4.10. The molecule has 0 saturated carbocycles. The zero-order chi connectivity index (χ0) is 18.5. The van der Waals surface area contributed by atoms with E-state index in [1.807, 2.05) is 65.2 Å². The Hall–Kier alpha value is -3.67. The Bertz CT molecular complexity index is 1020. The van der Waals surface area contributed by atoms with Crippen LogP contribution in [-0.4, -0.2) is 20.4 Å². The van der Waals surface area contributed by atoms with E-state index >= 15 is 0 Å². The largest absolute Gasteiger partial charge is 0.444 e. The normalized spacial score (nSPS) is 10.7. The molecular weight excluding hydrogens is 340 g/mol. The molecular formula is C21H18N4O2. The Balaban J connectivity index is 1.37. The van der Waals surface area contributed by atoms with Gasteiger partial charge >= 0.3 is 0 Å². The molecule has 4 rings (SSSR count). The molecule has 2 heterocycles. The molecule has 6 heteroatoms. The summed E-state index contributed by atoms with van der Waals surface area (Å²) in [7, 11) is 0. The molecule has 0 aliphatic rings. The lowest BCUT2D eigenvalue weighted by Gasteiger charge is -2.08. The summed E-state index contributed by atoms with van der Waals surface area (Å²) in [5.41, 5.74) is 2.55. The Morgan fingerprint density at radius 2 is 1.70 bits per heavy atom. The van der Waals surface area contributed by atoms with Crippen LogP contribution in [0.5, 0.6) is 0 Å². The van der Waals surface area contributed by atoms with Gasteiger partial charge in [0.1, 0.15) is 18.6 Å². The Morgan fingerprint density at radius 3 is 2.44 bits per heavy atom. The van der Waals surface area contributed by atoms with Crippen LogP contribution in [0.2, 0.25) is 0 Å². The molecule has 0 aliphatic carbocycles. The van der Waals surface area contributed by atoms with Crippen molar-refractivity contribution in [2.24, 2.45) is 0 Å². The molecule has 0 aliphatic heterocycles. The molecule has 27 heavy (non-hydrogen) atoms. The second-order valence-corrected chi connectivity index (χ2v) is 6.03. The topological polar surface area (TPSA) is 73.0 Å². The first kappa shape index (κ1) is 16.8. The van der Waals surface area contributed by atoms with Crippen LogP contribution in [-0.2, 0) is 17.9 Å². The average Bonchev–Trinajstić information content (AvgIpc) is 3.37. The minimum Gasteiger partial charge on any atom is -0.444 e. The lowest BCUT2D eigenvalue weighted by atomic mass is 10.2. The maximum absolute atomic E-state index is 12.3. The highest BCUT2D eigenvalue weighted by Crippen LogP contribution is 2.18. The summed E-state index contributed by atoms with van der Waals surface area (Å²) >= 11 is 0. The van der Waals surface area contributed by atoms with E-state index in [1.165, 1.54) is 0 Å². The number of rotatable bonds is 6. The highest BCUT2D eigenvalue weighted by Gasteiger charge is 2.11. The summed E-state index contributed by atoms with van der Waals surface area (Å²) in [6.07, 6.45) is 5.06. The fourth-order valence-electron chi connectivity index (χ4n) is 2.79. The van der Waals surface area contributed by atoms with Crippen LogP contribution >= 0.6 is 0 Å². The third kappa shape index (κ3) is 3.95. The van der Waals surface area contributed by atoms with Crippen LogP contribution in [0.15, 0.2) is 83.7 Å². The van der Waals surface area contributed by atoms with Gasteiger partial charge in [0.2, 0.25) is 11.8 Å². The van der Waals surface area contributed by atoms with Gasteiger partial charge in [-0.2, -0.15) is 0 Å². The van der Waals surface area contributed by atoms with E-state index in [1.54, 1.807) is 18.7 Å². The van der Waals surface area contributed by atoms with Gasteiger partial charge in [-0.3, -0.25) is 4.79 Å². The van der Waals surface area contributed by atoms with Crippen LogP contribution in [0.4, 0.5) is 0 Å². The van der Waals surface area contributed by atoms with Gasteiger partial charge in [0.25, 0.3) is 0 Å². The van der Waals surface area contributed by atoms with Crippen LogP contribution in [0.1, 0.15) is 5.69 Å². The predicted molar refractivity (Wildman–Crippen MR) is 101 cm³/mol. The van der Waals surface area contributed by atoms with Crippen molar-refractivity contribution in [2.45, 2.75) is 13.1 Å². The fraction of sp³-hybridized carbons (Fsp3) is 0.0952. The standard InChI is InChI=1S/C21H18N4O2/c26-19(14-25-12-11-22-20(25)16-7-3-1-4-8-16)23-13-18-15-27-21(24-18)17-9-5-2-6-10-17/h1-12,15H,13-14H2,(H,23,26). The van der Waals surface area contributed by atoms with E-state index < -0.39 is 0 Å². The van der Waals surface area contributed by atoms with Crippen molar-refractivity contribution in [3.63, 3.8) is 0 Å². The zero-order valence-corrected chi connectivity index (χ0v) is 14.6. The van der Waals surface area contributed by atoms with Gasteiger partial charge in [0.15, 0.2) is 0 Å². The van der Waals surface area contributed by atoms with Gasteiger partial charge < -0.3 is 14.3 Å². The number of hydrogen-bond acceptors (Lipinski definition) is 4. The second-order valence-electron chi connectivity index (χ2n) is 6.03. The number of amides is 1. The van der Waals surface area contributed by atoms with Crippen LogP contribution in [0, 0.1) is 0 Å². The Morgan fingerprint density at radius 1 is 1.00 bits per heavy atom. The maximum Gasteiger partial charge on any atom is 0.240 e. The van der Waals surface area contributed by atoms with E-state index in [0.29, 0.717) is 18.1 Å². The van der Waals surface area contributed by atoms with Crippen LogP contribution < -0.4 is 5.32 Å². The van der Waals surface area contributed by atoms with Crippen LogP contribution in [0.3, 0.4) is 0 Å². The minimum atomic E-state index is -0.116. The van der Waals surface area contributed by atoms with Gasteiger partial charge in [-0.25, -0.2) is 9.97 Å². The van der Waals surface area contributed by atoms with E-state index in [0.717, 1.165) is 17.0 Å². The monoisotopic (exact) mass is 358 g/mol. The zero-order valence-electron chi connectivity index (χ0n) is 14.6. The molecule has 1 N–H and O–H groups in total. The van der Waals surface area contributed by atoms with E-state index in [-0.39, 0.29) is 12.5 Å². The molecule has 4 aromatic rings. The molecule has 0 saturated heterocycles. The molecule has 0 atom stereocenters. The molecule has 2 aromatic carbocycles. The highest BCUT2D eigenvalue weighted by atomic mass is 16.3. The van der Waals surface area contributed by atoms with Crippen molar-refractivity contribution in [1.82, 2.24) is 19.9 Å². The van der Waals surface area contributed by atoms with Gasteiger partial charge in [-0.1, -0.05) is 48.5 Å². The number of carbonyl (C=O) groups is 1. The first-order valence-electron chi connectivity index (χ1n) is 8.63. The summed E-state index contributed by atoms with van der Waals surface area (Å²) in [6, 6.07) is 19.4. The number of aromatic nitrogens is 3.